The molecule has 2 heteroatoms. The third-order valence-corrected chi connectivity index (χ3v) is 2.49. The molecule has 0 aromatic heterocycles. The first-order chi connectivity index (χ1) is 6.77. The minimum absolute atomic E-state index is 0.144. The Morgan fingerprint density at radius 2 is 2.07 bits per heavy atom. The van der Waals surface area contributed by atoms with E-state index in [-0.39, 0.29) is 11.8 Å². The molecule has 72 valence electrons. The van der Waals surface area contributed by atoms with Crippen molar-refractivity contribution >= 4 is 12.0 Å². The molecule has 2 atom stereocenters. The van der Waals surface area contributed by atoms with E-state index in [1.165, 1.54) is 0 Å². The maximum absolute atomic E-state index is 10.5. The van der Waals surface area contributed by atoms with Crippen molar-refractivity contribution in [3.05, 3.63) is 42.0 Å². The molecule has 0 saturated heterocycles. The smallest absolute Gasteiger partial charge is 0.307 e. The van der Waals surface area contributed by atoms with Crippen LogP contribution in [0.4, 0.5) is 0 Å². The lowest BCUT2D eigenvalue weighted by atomic mass is 10.2. The Kier molecular flexibility index (Phi) is 2.35. The van der Waals surface area contributed by atoms with E-state index in [1.54, 1.807) is 0 Å². The van der Waals surface area contributed by atoms with E-state index in [2.05, 4.69) is 0 Å². The van der Waals surface area contributed by atoms with Gasteiger partial charge in [0.2, 0.25) is 0 Å². The maximum atomic E-state index is 10.5. The highest BCUT2D eigenvalue weighted by atomic mass is 16.4. The lowest BCUT2D eigenvalue weighted by Crippen LogP contribution is -1.97. The first-order valence-corrected chi connectivity index (χ1v) is 4.73. The van der Waals surface area contributed by atoms with Crippen LogP contribution in [-0.2, 0) is 4.79 Å². The molecule has 0 spiro atoms. The zero-order chi connectivity index (χ0) is 9.97. The van der Waals surface area contributed by atoms with Crippen molar-refractivity contribution in [1.82, 2.24) is 0 Å². The van der Waals surface area contributed by atoms with Gasteiger partial charge >= 0.3 is 5.97 Å². The average Bonchev–Trinajstić information content (AvgIpc) is 2.96. The van der Waals surface area contributed by atoms with Gasteiger partial charge in [0.25, 0.3) is 0 Å². The van der Waals surface area contributed by atoms with Gasteiger partial charge in [-0.15, -0.1) is 0 Å². The van der Waals surface area contributed by atoms with Gasteiger partial charge in [-0.1, -0.05) is 42.5 Å². The Bertz CT molecular complexity index is 354. The third kappa shape index (κ3) is 2.02. The van der Waals surface area contributed by atoms with Crippen LogP contribution >= 0.6 is 0 Å². The minimum atomic E-state index is -0.673. The van der Waals surface area contributed by atoms with Crippen LogP contribution in [0.15, 0.2) is 36.4 Å². The largest absolute Gasteiger partial charge is 0.481 e. The number of carbonyl (C=O) groups is 1. The zero-order valence-corrected chi connectivity index (χ0v) is 7.76. The van der Waals surface area contributed by atoms with Crippen molar-refractivity contribution in [2.75, 3.05) is 0 Å². The van der Waals surface area contributed by atoms with E-state index in [1.807, 2.05) is 42.5 Å². The second-order valence-electron chi connectivity index (χ2n) is 3.61. The van der Waals surface area contributed by atoms with E-state index in [4.69, 9.17) is 5.11 Å². The fourth-order valence-corrected chi connectivity index (χ4v) is 1.51. The lowest BCUT2D eigenvalue weighted by molar-refractivity contribution is -0.138. The van der Waals surface area contributed by atoms with Crippen molar-refractivity contribution in [2.45, 2.75) is 6.42 Å². The van der Waals surface area contributed by atoms with E-state index >= 15 is 0 Å². The topological polar surface area (TPSA) is 37.3 Å². The molecule has 0 bridgehead atoms. The molecule has 1 aromatic carbocycles. The monoisotopic (exact) mass is 188 g/mol. The van der Waals surface area contributed by atoms with Crippen molar-refractivity contribution in [2.24, 2.45) is 11.8 Å². The van der Waals surface area contributed by atoms with Gasteiger partial charge in [0, 0.05) is 0 Å². The Balaban J connectivity index is 1.94. The van der Waals surface area contributed by atoms with Gasteiger partial charge in [-0.2, -0.15) is 0 Å². The minimum Gasteiger partial charge on any atom is -0.481 e. The summed E-state index contributed by atoms with van der Waals surface area (Å²) in [5.74, 6) is -0.574. The molecule has 1 saturated carbocycles. The van der Waals surface area contributed by atoms with E-state index in [0.717, 1.165) is 12.0 Å². The normalized spacial score (nSPS) is 25.1. The number of hydrogen-bond acceptors (Lipinski definition) is 1. The molecule has 1 aromatic rings. The highest BCUT2D eigenvalue weighted by Crippen LogP contribution is 2.40. The Hall–Kier alpha value is -1.57. The summed E-state index contributed by atoms with van der Waals surface area (Å²) in [6.07, 6.45) is 4.78. The van der Waals surface area contributed by atoms with Gasteiger partial charge in [0.1, 0.15) is 0 Å². The van der Waals surface area contributed by atoms with Crippen molar-refractivity contribution in [3.63, 3.8) is 0 Å². The summed E-state index contributed by atoms with van der Waals surface area (Å²) >= 11 is 0. The molecule has 0 radical (unpaired) electrons. The molecule has 0 heterocycles. The van der Waals surface area contributed by atoms with Crippen LogP contribution in [0.2, 0.25) is 0 Å². The summed E-state index contributed by atoms with van der Waals surface area (Å²) in [6.45, 7) is 0. The van der Waals surface area contributed by atoms with Crippen molar-refractivity contribution in [3.8, 4) is 0 Å². The standard InChI is InChI=1S/C12H12O2/c13-12(14)11-8-10(11)7-6-9-4-2-1-3-5-9/h1-7,10-11H,8H2,(H,13,14)/b7-6+. The number of carboxylic acid groups (broad SMARTS) is 1. The summed E-state index contributed by atoms with van der Waals surface area (Å²) in [6, 6.07) is 9.93. The Labute approximate surface area is 82.9 Å². The number of rotatable bonds is 3. The van der Waals surface area contributed by atoms with Crippen molar-refractivity contribution < 1.29 is 9.90 Å². The quantitative estimate of drug-likeness (QED) is 0.790. The first-order valence-electron chi connectivity index (χ1n) is 4.73. The van der Waals surface area contributed by atoms with Gasteiger partial charge < -0.3 is 5.11 Å². The lowest BCUT2D eigenvalue weighted by Gasteiger charge is -1.90. The zero-order valence-electron chi connectivity index (χ0n) is 7.76. The molecular weight excluding hydrogens is 176 g/mol. The predicted octanol–water partition coefficient (Wildman–Crippen LogP) is 2.42. The Morgan fingerprint density at radius 3 is 2.64 bits per heavy atom. The van der Waals surface area contributed by atoms with Crippen LogP contribution in [0.5, 0.6) is 0 Å². The van der Waals surface area contributed by atoms with E-state index in [0.29, 0.717) is 0 Å². The third-order valence-electron chi connectivity index (χ3n) is 2.49. The average molecular weight is 188 g/mol. The van der Waals surface area contributed by atoms with Crippen LogP contribution in [0.1, 0.15) is 12.0 Å². The molecule has 0 aliphatic heterocycles. The molecule has 1 fully saturated rings. The van der Waals surface area contributed by atoms with Gasteiger partial charge in [-0.3, -0.25) is 4.79 Å². The molecule has 1 N–H and O–H groups in total. The predicted molar refractivity (Wildman–Crippen MR) is 54.7 cm³/mol. The first kappa shape index (κ1) is 9.00. The van der Waals surface area contributed by atoms with Gasteiger partial charge in [-0.05, 0) is 17.9 Å². The van der Waals surface area contributed by atoms with Crippen LogP contribution < -0.4 is 0 Å². The number of aliphatic carboxylic acids is 1. The molecule has 0 amide bonds. The second-order valence-corrected chi connectivity index (χ2v) is 3.61. The summed E-state index contributed by atoms with van der Waals surface area (Å²) < 4.78 is 0. The van der Waals surface area contributed by atoms with Gasteiger partial charge in [0.05, 0.1) is 5.92 Å². The summed E-state index contributed by atoms with van der Waals surface area (Å²) in [7, 11) is 0. The van der Waals surface area contributed by atoms with Crippen molar-refractivity contribution in [1.29, 1.82) is 0 Å². The summed E-state index contributed by atoms with van der Waals surface area (Å²) in [5, 5.41) is 8.69. The molecule has 1 aliphatic carbocycles. The molecule has 2 rings (SSSR count). The number of hydrogen-bond donors (Lipinski definition) is 1. The van der Waals surface area contributed by atoms with Crippen LogP contribution in [0, 0.1) is 11.8 Å². The van der Waals surface area contributed by atoms with E-state index in [9.17, 15) is 4.79 Å². The highest BCUT2D eigenvalue weighted by Gasteiger charge is 2.40. The Morgan fingerprint density at radius 1 is 1.36 bits per heavy atom. The maximum Gasteiger partial charge on any atom is 0.307 e. The highest BCUT2D eigenvalue weighted by molar-refractivity contribution is 5.74. The number of allylic oxidation sites excluding steroid dienone is 1. The fraction of sp³-hybridized carbons (Fsp3) is 0.250. The molecule has 14 heavy (non-hydrogen) atoms. The second kappa shape index (κ2) is 3.66. The molecule has 2 unspecified atom stereocenters. The summed E-state index contributed by atoms with van der Waals surface area (Å²) in [4.78, 5) is 10.5. The fourth-order valence-electron chi connectivity index (χ4n) is 1.51. The number of benzene rings is 1. The van der Waals surface area contributed by atoms with Gasteiger partial charge in [0.15, 0.2) is 0 Å². The van der Waals surface area contributed by atoms with Gasteiger partial charge in [-0.25, -0.2) is 0 Å². The molecule has 1 aliphatic rings. The molecule has 2 nitrogen and oxygen atoms in total. The van der Waals surface area contributed by atoms with Crippen LogP contribution in [-0.4, -0.2) is 11.1 Å². The van der Waals surface area contributed by atoms with E-state index < -0.39 is 5.97 Å². The SMILES string of the molecule is O=C(O)C1CC1/C=C/c1ccccc1. The molecular formula is C12H12O2. The van der Waals surface area contributed by atoms with Crippen LogP contribution in [0.25, 0.3) is 6.08 Å². The van der Waals surface area contributed by atoms with Crippen LogP contribution in [0.3, 0.4) is 0 Å². The number of carboxylic acids is 1. The summed E-state index contributed by atoms with van der Waals surface area (Å²) in [5.41, 5.74) is 1.13.